The molecule has 4 rings (SSSR count). The third-order valence-electron chi connectivity index (χ3n) is 5.66. The van der Waals surface area contributed by atoms with Gasteiger partial charge in [0.05, 0.1) is 11.9 Å². The third-order valence-corrected chi connectivity index (χ3v) is 6.76. The van der Waals surface area contributed by atoms with Crippen molar-refractivity contribution >= 4 is 33.5 Å². The summed E-state index contributed by atoms with van der Waals surface area (Å²) in [7, 11) is 3.89. The molecule has 3 aromatic heterocycles. The van der Waals surface area contributed by atoms with Crippen LogP contribution in [0.1, 0.15) is 41.9 Å². The Morgan fingerprint density at radius 2 is 1.77 bits per heavy atom. The van der Waals surface area contributed by atoms with Gasteiger partial charge in [0.25, 0.3) is 5.56 Å². The van der Waals surface area contributed by atoms with Gasteiger partial charge in [-0.15, -0.1) is 11.3 Å². The summed E-state index contributed by atoms with van der Waals surface area (Å²) in [6.07, 6.45) is 0. The number of thiophene rings is 1. The average Bonchev–Trinajstić information content (AvgIpc) is 3.02. The van der Waals surface area contributed by atoms with Crippen molar-refractivity contribution in [1.82, 2.24) is 29.8 Å². The molecule has 1 aliphatic rings. The summed E-state index contributed by atoms with van der Waals surface area (Å²) in [5, 5.41) is 0.726. The van der Waals surface area contributed by atoms with Crippen LogP contribution in [-0.2, 0) is 6.54 Å². The summed E-state index contributed by atoms with van der Waals surface area (Å²) in [5.41, 5.74) is 0.993. The first kappa shape index (κ1) is 21.6. The predicted octanol–water partition coefficient (Wildman–Crippen LogP) is 2.30. The topological polar surface area (TPSA) is 94.1 Å². The Hall–Kier alpha value is -2.59. The monoisotopic (exact) mass is 442 g/mol. The molecule has 0 radical (unpaired) electrons. The van der Waals surface area contributed by atoms with E-state index in [1.54, 1.807) is 11.3 Å². The van der Waals surface area contributed by atoms with Crippen LogP contribution >= 0.6 is 11.3 Å². The molecule has 0 atom stereocenters. The largest absolute Gasteiger partial charge is 0.347 e. The van der Waals surface area contributed by atoms with E-state index in [0.29, 0.717) is 12.5 Å². The van der Waals surface area contributed by atoms with E-state index in [4.69, 9.17) is 9.97 Å². The van der Waals surface area contributed by atoms with Crippen LogP contribution in [0.5, 0.6) is 0 Å². The molecule has 1 saturated heterocycles. The third kappa shape index (κ3) is 4.40. The van der Waals surface area contributed by atoms with Gasteiger partial charge in [0.1, 0.15) is 16.5 Å². The van der Waals surface area contributed by atoms with Gasteiger partial charge >= 0.3 is 0 Å². The van der Waals surface area contributed by atoms with Crippen LogP contribution in [0.3, 0.4) is 0 Å². The number of hydrogen-bond donors (Lipinski definition) is 1. The lowest BCUT2D eigenvalue weighted by Gasteiger charge is -2.34. The standard InChI is InChI=1S/C21H30N8OS/c1-12(2)17-24-20(27(5)6)26-21(25-17)29-9-7-28(8-10-29)11-15-22-18(30)16-13(3)14(4)31-19(16)23-15/h12H,7-11H2,1-6H3,(H,22,23,30). The number of aromatic amines is 1. The second-order valence-electron chi connectivity index (χ2n) is 8.58. The van der Waals surface area contributed by atoms with E-state index < -0.39 is 0 Å². The molecule has 4 heterocycles. The highest BCUT2D eigenvalue weighted by molar-refractivity contribution is 7.18. The van der Waals surface area contributed by atoms with Crippen molar-refractivity contribution < 1.29 is 0 Å². The van der Waals surface area contributed by atoms with Crippen LogP contribution in [0.4, 0.5) is 11.9 Å². The minimum Gasteiger partial charge on any atom is -0.347 e. The van der Waals surface area contributed by atoms with Crippen molar-refractivity contribution in [2.75, 3.05) is 50.1 Å². The molecule has 0 spiro atoms. The first-order valence-corrected chi connectivity index (χ1v) is 11.4. The Kier molecular flexibility index (Phi) is 5.94. The van der Waals surface area contributed by atoms with E-state index in [1.807, 2.05) is 32.8 Å². The number of H-pyrrole nitrogens is 1. The number of piperazine rings is 1. The maximum Gasteiger partial charge on any atom is 0.259 e. The zero-order chi connectivity index (χ0) is 22.3. The minimum atomic E-state index is -0.0388. The van der Waals surface area contributed by atoms with Crippen LogP contribution in [-0.4, -0.2) is 70.1 Å². The fraction of sp³-hybridized carbons (Fsp3) is 0.571. The van der Waals surface area contributed by atoms with Gasteiger partial charge in [-0.2, -0.15) is 15.0 Å². The summed E-state index contributed by atoms with van der Waals surface area (Å²) in [4.78, 5) is 42.6. The Morgan fingerprint density at radius 1 is 1.06 bits per heavy atom. The Morgan fingerprint density at radius 3 is 2.42 bits per heavy atom. The summed E-state index contributed by atoms with van der Waals surface area (Å²) in [6.45, 7) is 12.2. The second kappa shape index (κ2) is 8.51. The van der Waals surface area contributed by atoms with Crippen LogP contribution in [0.2, 0.25) is 0 Å². The molecule has 3 aromatic rings. The van der Waals surface area contributed by atoms with E-state index in [9.17, 15) is 4.79 Å². The Bertz CT molecular complexity index is 1120. The number of rotatable bonds is 5. The summed E-state index contributed by atoms with van der Waals surface area (Å²) < 4.78 is 0. The Labute approximate surface area is 186 Å². The highest BCUT2D eigenvalue weighted by atomic mass is 32.1. The molecule has 166 valence electrons. The summed E-state index contributed by atoms with van der Waals surface area (Å²) >= 11 is 1.59. The lowest BCUT2D eigenvalue weighted by Crippen LogP contribution is -2.47. The number of anilines is 2. The number of nitrogens with one attached hydrogen (secondary N) is 1. The van der Waals surface area contributed by atoms with Gasteiger partial charge < -0.3 is 14.8 Å². The van der Waals surface area contributed by atoms with Crippen molar-refractivity contribution in [3.05, 3.63) is 32.4 Å². The van der Waals surface area contributed by atoms with Crippen molar-refractivity contribution in [3.8, 4) is 0 Å². The lowest BCUT2D eigenvalue weighted by molar-refractivity contribution is 0.243. The fourth-order valence-electron chi connectivity index (χ4n) is 3.66. The number of aryl methyl sites for hydroxylation is 2. The molecule has 0 unspecified atom stereocenters. The maximum absolute atomic E-state index is 12.5. The van der Waals surface area contributed by atoms with E-state index >= 15 is 0 Å². The molecular formula is C21H30N8OS. The molecule has 0 amide bonds. The van der Waals surface area contributed by atoms with Crippen LogP contribution in [0.25, 0.3) is 10.2 Å². The number of nitrogens with zero attached hydrogens (tertiary/aromatic N) is 7. The lowest BCUT2D eigenvalue weighted by atomic mass is 10.2. The van der Waals surface area contributed by atoms with Gasteiger partial charge in [0.2, 0.25) is 11.9 Å². The molecule has 0 aliphatic carbocycles. The van der Waals surface area contributed by atoms with E-state index in [2.05, 4.69) is 38.6 Å². The van der Waals surface area contributed by atoms with Gasteiger partial charge in [-0.1, -0.05) is 13.8 Å². The molecule has 9 nitrogen and oxygen atoms in total. The molecule has 0 aromatic carbocycles. The van der Waals surface area contributed by atoms with Crippen LogP contribution in [0.15, 0.2) is 4.79 Å². The molecule has 31 heavy (non-hydrogen) atoms. The maximum atomic E-state index is 12.5. The molecule has 0 bridgehead atoms. The van der Waals surface area contributed by atoms with E-state index in [1.165, 1.54) is 0 Å². The van der Waals surface area contributed by atoms with Crippen molar-refractivity contribution in [2.24, 2.45) is 0 Å². The molecule has 1 aliphatic heterocycles. The van der Waals surface area contributed by atoms with Gasteiger partial charge in [-0.3, -0.25) is 9.69 Å². The molecule has 10 heteroatoms. The quantitative estimate of drug-likeness (QED) is 0.643. The Balaban J connectivity index is 1.47. The van der Waals surface area contributed by atoms with Gasteiger partial charge in [-0.05, 0) is 19.4 Å². The first-order valence-electron chi connectivity index (χ1n) is 10.6. The summed E-state index contributed by atoms with van der Waals surface area (Å²) in [5.74, 6) is 3.20. The normalized spacial score (nSPS) is 15.3. The number of aromatic nitrogens is 5. The fourth-order valence-corrected chi connectivity index (χ4v) is 4.71. The van der Waals surface area contributed by atoms with Crippen LogP contribution < -0.4 is 15.4 Å². The number of fused-ring (bicyclic) bond motifs is 1. The van der Waals surface area contributed by atoms with Crippen molar-refractivity contribution in [1.29, 1.82) is 0 Å². The second-order valence-corrected chi connectivity index (χ2v) is 9.79. The van der Waals surface area contributed by atoms with Gasteiger partial charge in [0, 0.05) is 51.1 Å². The van der Waals surface area contributed by atoms with Crippen molar-refractivity contribution in [3.63, 3.8) is 0 Å². The zero-order valence-electron chi connectivity index (χ0n) is 19.1. The molecule has 1 N–H and O–H groups in total. The van der Waals surface area contributed by atoms with Crippen LogP contribution in [0, 0.1) is 13.8 Å². The average molecular weight is 443 g/mol. The van der Waals surface area contributed by atoms with Crippen molar-refractivity contribution in [2.45, 2.75) is 40.2 Å². The highest BCUT2D eigenvalue weighted by Gasteiger charge is 2.22. The van der Waals surface area contributed by atoms with E-state index in [0.717, 1.165) is 64.4 Å². The van der Waals surface area contributed by atoms with Gasteiger partial charge in [-0.25, -0.2) is 4.98 Å². The molecular weight excluding hydrogens is 412 g/mol. The SMILES string of the molecule is Cc1sc2nc(CN3CCN(c4nc(C(C)C)nc(N(C)C)n4)CC3)[nH]c(=O)c2c1C. The highest BCUT2D eigenvalue weighted by Crippen LogP contribution is 2.26. The first-order chi connectivity index (χ1) is 14.7. The minimum absolute atomic E-state index is 0.0388. The van der Waals surface area contributed by atoms with E-state index in [-0.39, 0.29) is 11.5 Å². The molecule has 1 fully saturated rings. The smallest absolute Gasteiger partial charge is 0.259 e. The summed E-state index contributed by atoms with van der Waals surface area (Å²) in [6, 6.07) is 0. The number of hydrogen-bond acceptors (Lipinski definition) is 9. The van der Waals surface area contributed by atoms with Gasteiger partial charge in [0.15, 0.2) is 0 Å². The zero-order valence-corrected chi connectivity index (χ0v) is 19.9. The molecule has 0 saturated carbocycles. The predicted molar refractivity (Wildman–Crippen MR) is 125 cm³/mol.